The van der Waals surface area contributed by atoms with Crippen LogP contribution >= 0.6 is 0 Å². The quantitative estimate of drug-likeness (QED) is 0.0632. The van der Waals surface area contributed by atoms with Crippen LogP contribution in [0.2, 0.25) is 0 Å². The van der Waals surface area contributed by atoms with E-state index in [1.165, 1.54) is 12.1 Å². The zero-order valence-corrected chi connectivity index (χ0v) is 35.9. The van der Waals surface area contributed by atoms with Crippen molar-refractivity contribution in [3.63, 3.8) is 0 Å². The van der Waals surface area contributed by atoms with Gasteiger partial charge in [0.2, 0.25) is 0 Å². The molecule has 15 nitrogen and oxygen atoms in total. The molecular formula is C43H59N5O10. The molecule has 0 aliphatic rings. The van der Waals surface area contributed by atoms with Gasteiger partial charge in [-0.25, -0.2) is 19.6 Å². The summed E-state index contributed by atoms with van der Waals surface area (Å²) in [6, 6.07) is 15.4. The van der Waals surface area contributed by atoms with Crippen LogP contribution in [0.15, 0.2) is 60.7 Å². The van der Waals surface area contributed by atoms with Gasteiger partial charge in [-0.2, -0.15) is 0 Å². The summed E-state index contributed by atoms with van der Waals surface area (Å²) < 4.78 is 22.6. The Labute approximate surface area is 341 Å². The van der Waals surface area contributed by atoms with Crippen LogP contribution in [0.3, 0.4) is 0 Å². The molecule has 0 saturated carbocycles. The summed E-state index contributed by atoms with van der Waals surface area (Å²) in [5.41, 5.74) is -1.39. The SMILES string of the molecule is CC(C)(C)OC(=O)CN(Cc1cccc(C(=O)OC(C)(C)C)n1)C[C@H](Cc1ccc([N+](=O)[O-])cc1)N(CC(=O)OC(C)(C)C)Cc1cccc(C(=O)OC(C)(C)C)n1. The highest BCUT2D eigenvalue weighted by molar-refractivity contribution is 5.88. The minimum absolute atomic E-state index is 0.0557. The van der Waals surface area contributed by atoms with E-state index in [0.29, 0.717) is 17.0 Å². The Kier molecular flexibility index (Phi) is 15.8. The second-order valence-corrected chi connectivity index (χ2v) is 18.1. The van der Waals surface area contributed by atoms with Crippen molar-refractivity contribution in [2.24, 2.45) is 0 Å². The third-order valence-electron chi connectivity index (χ3n) is 7.71. The fourth-order valence-electron chi connectivity index (χ4n) is 5.69. The lowest BCUT2D eigenvalue weighted by atomic mass is 10.0. The molecule has 0 spiro atoms. The van der Waals surface area contributed by atoms with Gasteiger partial charge in [0.05, 0.1) is 29.4 Å². The normalized spacial score (nSPS) is 12.9. The number of hydrogen-bond donors (Lipinski definition) is 0. The number of carbonyl (C=O) groups is 4. The van der Waals surface area contributed by atoms with Gasteiger partial charge in [0.1, 0.15) is 33.8 Å². The van der Waals surface area contributed by atoms with E-state index in [4.69, 9.17) is 18.9 Å². The van der Waals surface area contributed by atoms with Crippen molar-refractivity contribution in [2.75, 3.05) is 19.6 Å². The zero-order valence-electron chi connectivity index (χ0n) is 35.9. The molecule has 1 atom stereocenters. The summed E-state index contributed by atoms with van der Waals surface area (Å²) in [4.78, 5) is 76.9. The van der Waals surface area contributed by atoms with Crippen molar-refractivity contribution in [1.29, 1.82) is 0 Å². The maximum absolute atomic E-state index is 13.6. The molecule has 0 bridgehead atoms. The summed E-state index contributed by atoms with van der Waals surface area (Å²) in [7, 11) is 0. The number of ether oxygens (including phenoxy) is 4. The fourth-order valence-corrected chi connectivity index (χ4v) is 5.69. The maximum Gasteiger partial charge on any atom is 0.357 e. The van der Waals surface area contributed by atoms with Gasteiger partial charge < -0.3 is 18.9 Å². The topological polar surface area (TPSA) is 181 Å². The lowest BCUT2D eigenvalue weighted by molar-refractivity contribution is -0.384. The van der Waals surface area contributed by atoms with Gasteiger partial charge in [0, 0.05) is 37.8 Å². The van der Waals surface area contributed by atoms with E-state index in [1.807, 2.05) is 4.90 Å². The molecule has 15 heteroatoms. The summed E-state index contributed by atoms with van der Waals surface area (Å²) in [5.74, 6) is -2.26. The predicted octanol–water partition coefficient (Wildman–Crippen LogP) is 6.89. The smallest absolute Gasteiger partial charge is 0.357 e. The average Bonchev–Trinajstić information content (AvgIpc) is 3.05. The minimum Gasteiger partial charge on any atom is -0.459 e. The fraction of sp³-hybridized carbons (Fsp3) is 0.535. The molecule has 0 radical (unpaired) electrons. The Hall–Kier alpha value is -5.28. The lowest BCUT2D eigenvalue weighted by Gasteiger charge is -2.36. The van der Waals surface area contributed by atoms with Crippen molar-refractivity contribution in [1.82, 2.24) is 19.8 Å². The Bertz CT molecular complexity index is 1900. The number of nitro groups is 1. The van der Waals surface area contributed by atoms with Gasteiger partial charge in [-0.15, -0.1) is 0 Å². The number of benzene rings is 1. The monoisotopic (exact) mass is 805 g/mol. The van der Waals surface area contributed by atoms with Crippen LogP contribution in [0.25, 0.3) is 0 Å². The number of pyridine rings is 2. The lowest BCUT2D eigenvalue weighted by Crippen LogP contribution is -2.49. The number of aromatic nitrogens is 2. The summed E-state index contributed by atoms with van der Waals surface area (Å²) in [6.45, 7) is 21.0. The Morgan fingerprint density at radius 3 is 1.48 bits per heavy atom. The molecule has 2 aromatic heterocycles. The van der Waals surface area contributed by atoms with E-state index < -0.39 is 57.2 Å². The van der Waals surface area contributed by atoms with Gasteiger partial charge in [0.15, 0.2) is 0 Å². The van der Waals surface area contributed by atoms with E-state index in [-0.39, 0.29) is 56.2 Å². The Morgan fingerprint density at radius 2 is 1.05 bits per heavy atom. The van der Waals surface area contributed by atoms with Gasteiger partial charge in [0.25, 0.3) is 5.69 Å². The third kappa shape index (κ3) is 17.5. The first-order valence-corrected chi connectivity index (χ1v) is 19.2. The van der Waals surface area contributed by atoms with Gasteiger partial charge in [-0.05, 0) is 119 Å². The molecule has 2 heterocycles. The highest BCUT2D eigenvalue weighted by Gasteiger charge is 2.30. The number of esters is 4. The standard InChI is InChI=1S/C43H59N5O10/c1-40(2,3)55-36(49)27-46(24-30-15-13-17-34(44-30)38(51)57-42(7,8)9)26-33(23-29-19-21-32(22-20-29)48(53)54)47(28-37(50)56-41(4,5)6)25-31-16-14-18-35(45-31)39(52)58-43(10,11)12/h13-22,33H,23-28H2,1-12H3/t33-/m0/s1. The molecule has 3 rings (SSSR count). The van der Waals surface area contributed by atoms with Crippen LogP contribution in [0.5, 0.6) is 0 Å². The van der Waals surface area contributed by atoms with Gasteiger partial charge in [-0.3, -0.25) is 29.5 Å². The van der Waals surface area contributed by atoms with Gasteiger partial charge in [-0.1, -0.05) is 24.3 Å². The summed E-state index contributed by atoms with van der Waals surface area (Å²) in [6.07, 6.45) is 0.253. The maximum atomic E-state index is 13.6. The van der Waals surface area contributed by atoms with Gasteiger partial charge >= 0.3 is 23.9 Å². The molecule has 0 aliphatic heterocycles. The number of nitrogens with zero attached hydrogens (tertiary/aromatic N) is 5. The first-order chi connectivity index (χ1) is 26.6. The number of rotatable bonds is 16. The summed E-state index contributed by atoms with van der Waals surface area (Å²) >= 11 is 0. The van der Waals surface area contributed by atoms with Crippen LogP contribution < -0.4 is 0 Å². The highest BCUT2D eigenvalue weighted by atomic mass is 16.6. The highest BCUT2D eigenvalue weighted by Crippen LogP contribution is 2.21. The van der Waals surface area contributed by atoms with E-state index in [2.05, 4.69) is 9.97 Å². The number of hydrogen-bond acceptors (Lipinski definition) is 14. The van der Waals surface area contributed by atoms with Crippen LogP contribution in [0, 0.1) is 10.1 Å². The van der Waals surface area contributed by atoms with Crippen molar-refractivity contribution in [2.45, 2.75) is 131 Å². The largest absolute Gasteiger partial charge is 0.459 e. The number of nitro benzene ring substituents is 1. The molecule has 0 fully saturated rings. The van der Waals surface area contributed by atoms with Crippen LogP contribution in [-0.2, 0) is 48.0 Å². The predicted molar refractivity (Wildman–Crippen MR) is 217 cm³/mol. The van der Waals surface area contributed by atoms with E-state index in [0.717, 1.165) is 0 Å². The number of carbonyl (C=O) groups excluding carboxylic acids is 4. The molecule has 0 unspecified atom stereocenters. The molecular weight excluding hydrogens is 746 g/mol. The van der Waals surface area contributed by atoms with E-state index in [1.54, 1.807) is 137 Å². The minimum atomic E-state index is -0.806. The van der Waals surface area contributed by atoms with Crippen molar-refractivity contribution in [3.8, 4) is 0 Å². The molecule has 3 aromatic rings. The second kappa shape index (κ2) is 19.4. The van der Waals surface area contributed by atoms with Crippen molar-refractivity contribution in [3.05, 3.63) is 99.1 Å². The Balaban J connectivity index is 2.15. The third-order valence-corrected chi connectivity index (χ3v) is 7.71. The van der Waals surface area contributed by atoms with Crippen molar-refractivity contribution < 1.29 is 43.0 Å². The average molecular weight is 806 g/mol. The van der Waals surface area contributed by atoms with E-state index >= 15 is 0 Å². The number of non-ortho nitro benzene ring substituents is 1. The first-order valence-electron chi connectivity index (χ1n) is 19.2. The molecule has 316 valence electrons. The molecule has 0 saturated heterocycles. The molecule has 0 N–H and O–H groups in total. The second-order valence-electron chi connectivity index (χ2n) is 18.1. The summed E-state index contributed by atoms with van der Waals surface area (Å²) in [5, 5.41) is 11.5. The Morgan fingerprint density at radius 1 is 0.621 bits per heavy atom. The molecule has 58 heavy (non-hydrogen) atoms. The zero-order chi connectivity index (χ0) is 43.6. The molecule has 0 amide bonds. The van der Waals surface area contributed by atoms with E-state index in [9.17, 15) is 29.3 Å². The first kappa shape index (κ1) is 47.1. The molecule has 1 aromatic carbocycles. The van der Waals surface area contributed by atoms with Crippen LogP contribution in [0.1, 0.15) is 121 Å². The molecule has 0 aliphatic carbocycles. The van der Waals surface area contributed by atoms with Crippen LogP contribution in [-0.4, -0.2) is 96.6 Å². The van der Waals surface area contributed by atoms with Crippen molar-refractivity contribution >= 4 is 29.6 Å². The van der Waals surface area contributed by atoms with Crippen LogP contribution in [0.4, 0.5) is 5.69 Å².